The Morgan fingerprint density at radius 1 is 1.15 bits per heavy atom. The van der Waals surface area contributed by atoms with Gasteiger partial charge in [0.25, 0.3) is 11.5 Å². The fourth-order valence-corrected chi connectivity index (χ4v) is 4.16. The summed E-state index contributed by atoms with van der Waals surface area (Å²) in [6, 6.07) is 6.96. The molecule has 3 aromatic rings. The number of aryl methyl sites for hydroxylation is 2. The predicted octanol–water partition coefficient (Wildman–Crippen LogP) is 1.77. The van der Waals surface area contributed by atoms with Gasteiger partial charge in [0.1, 0.15) is 16.9 Å². The molecule has 1 aliphatic heterocycles. The van der Waals surface area contributed by atoms with Gasteiger partial charge in [-0.2, -0.15) is 0 Å². The minimum atomic E-state index is -0.432. The summed E-state index contributed by atoms with van der Waals surface area (Å²) in [6.45, 7) is 8.10. The molecule has 9 nitrogen and oxygen atoms in total. The third-order valence-electron chi connectivity index (χ3n) is 5.98. The number of aromatic nitrogens is 3. The molecule has 1 fully saturated rings. The number of pyridine rings is 1. The monoisotopic (exact) mass is 468 g/mol. The molecule has 2 N–H and O–H groups in total. The first-order chi connectivity index (χ1) is 16.4. The SMILES string of the molecule is COCCNC(=O)c1ccc(N2CCN(Cc3cc(F)c4nc(C)c(=O)[nH]c4c3)CC2)c(C)n1. The third-order valence-corrected chi connectivity index (χ3v) is 5.98. The standard InChI is InChI=1S/C24H29FN6O3/c1-15-21(5-4-19(27-15)24(33)26-6-11-34-3)31-9-7-30(8-10-31)14-17-12-18(25)22-20(13-17)29-23(32)16(2)28-22/h4-5,12-13H,6-11,14H2,1-3H3,(H,26,33)(H,29,32). The molecule has 3 heterocycles. The summed E-state index contributed by atoms with van der Waals surface area (Å²) in [5, 5.41) is 2.78. The molecule has 10 heteroatoms. The average molecular weight is 469 g/mol. The van der Waals surface area contributed by atoms with Crippen LogP contribution in [0.15, 0.2) is 29.1 Å². The highest BCUT2D eigenvalue weighted by Gasteiger charge is 2.20. The first-order valence-electron chi connectivity index (χ1n) is 11.3. The summed E-state index contributed by atoms with van der Waals surface area (Å²) >= 11 is 0. The number of hydrogen-bond donors (Lipinski definition) is 2. The van der Waals surface area contributed by atoms with Crippen LogP contribution in [0.25, 0.3) is 11.0 Å². The van der Waals surface area contributed by atoms with Gasteiger partial charge in [0.15, 0.2) is 5.82 Å². The fraction of sp³-hybridized carbons (Fsp3) is 0.417. The van der Waals surface area contributed by atoms with Crippen molar-refractivity contribution < 1.29 is 13.9 Å². The molecule has 0 spiro atoms. The number of aromatic amines is 1. The number of methoxy groups -OCH3 is 1. The molecule has 1 aliphatic rings. The molecule has 0 atom stereocenters. The molecule has 0 saturated carbocycles. The molecule has 1 amide bonds. The lowest BCUT2D eigenvalue weighted by Gasteiger charge is -2.36. The van der Waals surface area contributed by atoms with Crippen LogP contribution in [0.1, 0.15) is 27.4 Å². The number of halogens is 1. The molecule has 4 rings (SSSR count). The van der Waals surface area contributed by atoms with Crippen molar-refractivity contribution in [2.45, 2.75) is 20.4 Å². The van der Waals surface area contributed by atoms with Crippen molar-refractivity contribution in [3.8, 4) is 0 Å². The zero-order valence-electron chi connectivity index (χ0n) is 19.7. The molecule has 0 aliphatic carbocycles. The topological polar surface area (TPSA) is 103 Å². The molecular weight excluding hydrogens is 439 g/mol. The van der Waals surface area contributed by atoms with E-state index in [0.29, 0.717) is 30.9 Å². The number of hydrogen-bond acceptors (Lipinski definition) is 7. The van der Waals surface area contributed by atoms with E-state index < -0.39 is 5.82 Å². The van der Waals surface area contributed by atoms with Crippen molar-refractivity contribution in [2.75, 3.05) is 51.3 Å². The molecule has 2 aromatic heterocycles. The van der Waals surface area contributed by atoms with E-state index in [1.807, 2.05) is 13.0 Å². The number of carbonyl (C=O) groups excluding carboxylic acids is 1. The zero-order chi connectivity index (χ0) is 24.2. The first-order valence-corrected chi connectivity index (χ1v) is 11.3. The number of anilines is 1. The maximum absolute atomic E-state index is 14.6. The van der Waals surface area contributed by atoms with Crippen LogP contribution in [0.5, 0.6) is 0 Å². The van der Waals surface area contributed by atoms with Crippen molar-refractivity contribution in [1.29, 1.82) is 0 Å². The number of nitrogens with one attached hydrogen (secondary N) is 2. The number of fused-ring (bicyclic) bond motifs is 1. The van der Waals surface area contributed by atoms with Crippen LogP contribution in [0.4, 0.5) is 10.1 Å². The molecular formula is C24H29FN6O3. The average Bonchev–Trinajstić information content (AvgIpc) is 2.81. The van der Waals surface area contributed by atoms with E-state index in [2.05, 4.69) is 30.1 Å². The second kappa shape index (κ2) is 10.3. The summed E-state index contributed by atoms with van der Waals surface area (Å²) in [5.41, 5.74) is 3.53. The smallest absolute Gasteiger partial charge is 0.269 e. The normalized spacial score (nSPS) is 14.5. The quantitative estimate of drug-likeness (QED) is 0.510. The summed E-state index contributed by atoms with van der Waals surface area (Å²) in [4.78, 5) is 39.9. The molecule has 1 aromatic carbocycles. The van der Waals surface area contributed by atoms with Gasteiger partial charge in [0.2, 0.25) is 0 Å². The second-order valence-corrected chi connectivity index (χ2v) is 8.44. The third kappa shape index (κ3) is 5.23. The van der Waals surface area contributed by atoms with Crippen LogP contribution in [0.3, 0.4) is 0 Å². The van der Waals surface area contributed by atoms with Crippen LogP contribution < -0.4 is 15.8 Å². The lowest BCUT2D eigenvalue weighted by molar-refractivity contribution is 0.0932. The van der Waals surface area contributed by atoms with E-state index in [9.17, 15) is 14.0 Å². The van der Waals surface area contributed by atoms with Crippen LogP contribution in [0, 0.1) is 19.7 Å². The van der Waals surface area contributed by atoms with Crippen molar-refractivity contribution in [3.63, 3.8) is 0 Å². The van der Waals surface area contributed by atoms with Gasteiger partial charge in [-0.1, -0.05) is 0 Å². The molecule has 0 bridgehead atoms. The Kier molecular flexibility index (Phi) is 7.18. The number of carbonyl (C=O) groups is 1. The van der Waals surface area contributed by atoms with Crippen molar-refractivity contribution in [1.82, 2.24) is 25.2 Å². The predicted molar refractivity (Wildman–Crippen MR) is 128 cm³/mol. The van der Waals surface area contributed by atoms with E-state index in [1.54, 1.807) is 26.2 Å². The van der Waals surface area contributed by atoms with Crippen molar-refractivity contribution >= 4 is 22.6 Å². The van der Waals surface area contributed by atoms with Crippen LogP contribution in [-0.2, 0) is 11.3 Å². The van der Waals surface area contributed by atoms with E-state index in [0.717, 1.165) is 43.1 Å². The van der Waals surface area contributed by atoms with E-state index >= 15 is 0 Å². The largest absolute Gasteiger partial charge is 0.383 e. The van der Waals surface area contributed by atoms with Crippen LogP contribution in [0.2, 0.25) is 0 Å². The minimum Gasteiger partial charge on any atom is -0.383 e. The van der Waals surface area contributed by atoms with Gasteiger partial charge in [0, 0.05) is 46.4 Å². The van der Waals surface area contributed by atoms with Gasteiger partial charge in [-0.25, -0.2) is 14.4 Å². The number of rotatable bonds is 7. The van der Waals surface area contributed by atoms with Crippen LogP contribution in [-0.4, -0.2) is 72.2 Å². The highest BCUT2D eigenvalue weighted by atomic mass is 19.1. The first kappa shape index (κ1) is 23.8. The summed E-state index contributed by atoms with van der Waals surface area (Å²) < 4.78 is 19.5. The Morgan fingerprint density at radius 2 is 1.91 bits per heavy atom. The van der Waals surface area contributed by atoms with E-state index in [1.165, 1.54) is 6.07 Å². The summed E-state index contributed by atoms with van der Waals surface area (Å²) in [7, 11) is 1.59. The number of ether oxygens (including phenoxy) is 1. The zero-order valence-corrected chi connectivity index (χ0v) is 19.7. The Labute approximate surface area is 197 Å². The van der Waals surface area contributed by atoms with E-state index in [4.69, 9.17) is 4.74 Å². The Hall–Kier alpha value is -3.37. The summed E-state index contributed by atoms with van der Waals surface area (Å²) in [6.07, 6.45) is 0. The number of amides is 1. The van der Waals surface area contributed by atoms with Gasteiger partial charge in [-0.15, -0.1) is 0 Å². The lowest BCUT2D eigenvalue weighted by Crippen LogP contribution is -2.46. The highest BCUT2D eigenvalue weighted by molar-refractivity contribution is 5.92. The number of piperazine rings is 1. The van der Waals surface area contributed by atoms with Gasteiger partial charge in [-0.05, 0) is 43.7 Å². The second-order valence-electron chi connectivity index (χ2n) is 8.44. The molecule has 1 saturated heterocycles. The molecule has 180 valence electrons. The van der Waals surface area contributed by atoms with Gasteiger partial charge in [-0.3, -0.25) is 14.5 Å². The highest BCUT2D eigenvalue weighted by Crippen LogP contribution is 2.22. The Balaban J connectivity index is 1.38. The number of H-pyrrole nitrogens is 1. The number of nitrogens with zero attached hydrogens (tertiary/aromatic N) is 4. The van der Waals surface area contributed by atoms with Crippen molar-refractivity contribution in [3.05, 3.63) is 63.1 Å². The van der Waals surface area contributed by atoms with Gasteiger partial charge < -0.3 is 19.9 Å². The lowest BCUT2D eigenvalue weighted by atomic mass is 10.1. The summed E-state index contributed by atoms with van der Waals surface area (Å²) in [5.74, 6) is -0.649. The molecule has 34 heavy (non-hydrogen) atoms. The maximum atomic E-state index is 14.6. The van der Waals surface area contributed by atoms with Crippen LogP contribution >= 0.6 is 0 Å². The Morgan fingerprint density at radius 3 is 2.62 bits per heavy atom. The Bertz CT molecular complexity index is 1250. The van der Waals surface area contributed by atoms with Crippen molar-refractivity contribution in [2.24, 2.45) is 0 Å². The maximum Gasteiger partial charge on any atom is 0.269 e. The number of benzene rings is 1. The van der Waals surface area contributed by atoms with Gasteiger partial charge in [0.05, 0.1) is 23.5 Å². The molecule has 0 unspecified atom stereocenters. The van der Waals surface area contributed by atoms with E-state index in [-0.39, 0.29) is 22.7 Å². The minimum absolute atomic E-state index is 0.185. The fourth-order valence-electron chi connectivity index (χ4n) is 4.16. The molecule has 0 radical (unpaired) electrons. The van der Waals surface area contributed by atoms with Gasteiger partial charge >= 0.3 is 0 Å².